The Morgan fingerprint density at radius 2 is 1.81 bits per heavy atom. The second-order valence-electron chi connectivity index (χ2n) is 9.35. The summed E-state index contributed by atoms with van der Waals surface area (Å²) >= 11 is 0. The van der Waals surface area contributed by atoms with Crippen LogP contribution in [0.4, 0.5) is 22.1 Å². The summed E-state index contributed by atoms with van der Waals surface area (Å²) in [5.41, 5.74) is 2.70. The lowest BCUT2D eigenvalue weighted by Crippen LogP contribution is -2.27. The summed E-state index contributed by atoms with van der Waals surface area (Å²) in [5.74, 6) is 0.974. The summed E-state index contributed by atoms with van der Waals surface area (Å²) in [6, 6.07) is 16.6. The van der Waals surface area contributed by atoms with Gasteiger partial charge in [-0.2, -0.15) is 5.26 Å². The molecule has 1 fully saturated rings. The third kappa shape index (κ3) is 6.93. The Morgan fingerprint density at radius 3 is 2.50 bits per heavy atom. The lowest BCUT2D eigenvalue weighted by Gasteiger charge is -2.23. The first-order chi connectivity index (χ1) is 17.3. The number of hydrogen-bond acceptors (Lipinski definition) is 8. The molecule has 0 atom stereocenters. The zero-order valence-electron chi connectivity index (χ0n) is 20.6. The highest BCUT2D eigenvalue weighted by molar-refractivity contribution is 5.85. The van der Waals surface area contributed by atoms with E-state index >= 15 is 0 Å². The minimum absolute atomic E-state index is 0.0530. The van der Waals surface area contributed by atoms with Crippen LogP contribution in [-0.4, -0.2) is 41.0 Å². The van der Waals surface area contributed by atoms with Crippen molar-refractivity contribution in [1.82, 2.24) is 9.97 Å². The molecule has 0 bridgehead atoms. The van der Waals surface area contributed by atoms with E-state index in [-0.39, 0.29) is 6.10 Å². The summed E-state index contributed by atoms with van der Waals surface area (Å²) in [5, 5.41) is 15.5. The maximum absolute atomic E-state index is 11.9. The number of amides is 1. The highest BCUT2D eigenvalue weighted by atomic mass is 16.6. The van der Waals surface area contributed by atoms with Gasteiger partial charge in [-0.15, -0.1) is 0 Å². The Labute approximate surface area is 210 Å². The van der Waals surface area contributed by atoms with E-state index < -0.39 is 11.7 Å². The monoisotopic (exact) mass is 487 g/mol. The maximum atomic E-state index is 11.9. The molecule has 1 aromatic heterocycles. The van der Waals surface area contributed by atoms with Gasteiger partial charge in [-0.3, -0.25) is 5.32 Å². The van der Waals surface area contributed by atoms with Crippen LogP contribution in [0.25, 0.3) is 11.3 Å². The van der Waals surface area contributed by atoms with Gasteiger partial charge in [0.05, 0.1) is 24.5 Å². The van der Waals surface area contributed by atoms with Crippen molar-refractivity contribution >= 4 is 23.4 Å². The second-order valence-corrected chi connectivity index (χ2v) is 9.35. The molecule has 3 aromatic rings. The minimum Gasteiger partial charge on any atom is -0.489 e. The summed E-state index contributed by atoms with van der Waals surface area (Å²) in [6.07, 6.45) is 2.82. The Bertz CT molecular complexity index is 1240. The Balaban J connectivity index is 1.43. The molecule has 36 heavy (non-hydrogen) atoms. The third-order valence-corrected chi connectivity index (χ3v) is 5.30. The van der Waals surface area contributed by atoms with Crippen molar-refractivity contribution in [2.45, 2.75) is 45.3 Å². The lowest BCUT2D eigenvalue weighted by molar-refractivity contribution is 0.0254. The minimum atomic E-state index is -0.569. The molecule has 9 nitrogen and oxygen atoms in total. The molecule has 0 saturated carbocycles. The normalized spacial score (nSPS) is 13.9. The van der Waals surface area contributed by atoms with Crippen LogP contribution in [0.15, 0.2) is 54.7 Å². The first-order valence-electron chi connectivity index (χ1n) is 11.8. The van der Waals surface area contributed by atoms with Gasteiger partial charge in [-0.05, 0) is 69.3 Å². The van der Waals surface area contributed by atoms with Crippen molar-refractivity contribution in [3.05, 3.63) is 60.3 Å². The van der Waals surface area contributed by atoms with Gasteiger partial charge in [0.2, 0.25) is 5.95 Å². The molecule has 4 rings (SSSR count). The molecule has 0 aliphatic carbocycles. The van der Waals surface area contributed by atoms with E-state index in [0.29, 0.717) is 41.9 Å². The Morgan fingerprint density at radius 1 is 1.08 bits per heavy atom. The van der Waals surface area contributed by atoms with Crippen LogP contribution < -0.4 is 15.4 Å². The average Bonchev–Trinajstić information content (AvgIpc) is 2.85. The van der Waals surface area contributed by atoms with Gasteiger partial charge in [-0.25, -0.2) is 14.8 Å². The van der Waals surface area contributed by atoms with E-state index in [1.807, 2.05) is 32.9 Å². The number of rotatable bonds is 6. The zero-order valence-corrected chi connectivity index (χ0v) is 20.6. The highest BCUT2D eigenvalue weighted by Crippen LogP contribution is 2.28. The number of benzene rings is 2. The van der Waals surface area contributed by atoms with Crippen LogP contribution in [0.1, 0.15) is 39.2 Å². The molecule has 1 aliphatic heterocycles. The van der Waals surface area contributed by atoms with Crippen molar-refractivity contribution in [3.8, 4) is 23.1 Å². The van der Waals surface area contributed by atoms with E-state index in [1.54, 1.807) is 42.6 Å². The topological polar surface area (TPSA) is 118 Å². The molecular formula is C27H29N5O4. The predicted octanol–water partition coefficient (Wildman–Crippen LogP) is 5.66. The summed E-state index contributed by atoms with van der Waals surface area (Å²) < 4.78 is 16.7. The molecule has 2 aromatic carbocycles. The fourth-order valence-corrected chi connectivity index (χ4v) is 3.62. The quantitative estimate of drug-likeness (QED) is 0.457. The van der Waals surface area contributed by atoms with Gasteiger partial charge in [0, 0.05) is 36.0 Å². The van der Waals surface area contributed by atoms with Gasteiger partial charge in [-0.1, -0.05) is 0 Å². The SMILES string of the molecule is CC(C)(C)OC(=O)Nc1ccc(Nc2nccc(-c3ccc(OC4CCOCC4)c(C#N)c3)n2)cc1. The number of carbonyl (C=O) groups is 1. The highest BCUT2D eigenvalue weighted by Gasteiger charge is 2.18. The van der Waals surface area contributed by atoms with Gasteiger partial charge in [0.15, 0.2) is 0 Å². The zero-order chi connectivity index (χ0) is 25.5. The number of aromatic nitrogens is 2. The molecular weight excluding hydrogens is 458 g/mol. The summed E-state index contributed by atoms with van der Waals surface area (Å²) in [7, 11) is 0. The molecule has 1 aliphatic rings. The van der Waals surface area contributed by atoms with Gasteiger partial charge in [0.25, 0.3) is 0 Å². The van der Waals surface area contributed by atoms with E-state index in [1.165, 1.54) is 0 Å². The van der Waals surface area contributed by atoms with Crippen LogP contribution in [0.3, 0.4) is 0 Å². The number of nitriles is 1. The molecule has 186 valence electrons. The van der Waals surface area contributed by atoms with Crippen molar-refractivity contribution in [3.63, 3.8) is 0 Å². The number of nitrogens with one attached hydrogen (secondary N) is 2. The van der Waals surface area contributed by atoms with Crippen molar-refractivity contribution in [2.24, 2.45) is 0 Å². The van der Waals surface area contributed by atoms with E-state index in [0.717, 1.165) is 24.1 Å². The molecule has 1 amide bonds. The van der Waals surface area contributed by atoms with Gasteiger partial charge >= 0.3 is 6.09 Å². The van der Waals surface area contributed by atoms with Crippen molar-refractivity contribution in [1.29, 1.82) is 5.26 Å². The molecule has 0 spiro atoms. The first kappa shape index (κ1) is 24.9. The predicted molar refractivity (Wildman–Crippen MR) is 136 cm³/mol. The van der Waals surface area contributed by atoms with Crippen LogP contribution in [0.5, 0.6) is 5.75 Å². The number of nitrogens with zero attached hydrogens (tertiary/aromatic N) is 3. The van der Waals surface area contributed by atoms with Crippen LogP contribution in [0, 0.1) is 11.3 Å². The second kappa shape index (κ2) is 11.1. The van der Waals surface area contributed by atoms with Crippen LogP contribution in [0.2, 0.25) is 0 Å². The maximum Gasteiger partial charge on any atom is 0.412 e. The van der Waals surface area contributed by atoms with E-state index in [9.17, 15) is 10.1 Å². The fourth-order valence-electron chi connectivity index (χ4n) is 3.62. The summed E-state index contributed by atoms with van der Waals surface area (Å²) in [6.45, 7) is 6.77. The number of ether oxygens (including phenoxy) is 3. The standard InChI is InChI=1S/C27H29N5O4/c1-27(2,3)36-26(33)31-21-7-5-20(6-8-21)30-25-29-13-10-23(32-25)18-4-9-24(19(16-18)17-28)35-22-11-14-34-15-12-22/h4-10,13,16,22H,11-12,14-15H2,1-3H3,(H,31,33)(H,29,30,32). The van der Waals surface area contributed by atoms with Crippen molar-refractivity contribution < 1.29 is 19.0 Å². The molecule has 2 heterocycles. The van der Waals surface area contributed by atoms with Crippen LogP contribution >= 0.6 is 0 Å². The fraction of sp³-hybridized carbons (Fsp3) is 0.333. The van der Waals surface area contributed by atoms with Gasteiger partial charge in [0.1, 0.15) is 23.5 Å². The molecule has 0 radical (unpaired) electrons. The molecule has 0 unspecified atom stereocenters. The van der Waals surface area contributed by atoms with E-state index in [4.69, 9.17) is 14.2 Å². The van der Waals surface area contributed by atoms with Crippen molar-refractivity contribution in [2.75, 3.05) is 23.8 Å². The molecule has 9 heteroatoms. The summed E-state index contributed by atoms with van der Waals surface area (Å²) in [4.78, 5) is 20.8. The Kier molecular flexibility index (Phi) is 7.66. The molecule has 2 N–H and O–H groups in total. The largest absolute Gasteiger partial charge is 0.489 e. The average molecular weight is 488 g/mol. The van der Waals surface area contributed by atoms with Gasteiger partial charge < -0.3 is 19.5 Å². The number of anilines is 3. The Hall–Kier alpha value is -4.16. The first-order valence-corrected chi connectivity index (χ1v) is 11.8. The van der Waals surface area contributed by atoms with E-state index in [2.05, 4.69) is 26.7 Å². The molecule has 1 saturated heterocycles. The third-order valence-electron chi connectivity index (χ3n) is 5.30. The van der Waals surface area contributed by atoms with Crippen LogP contribution in [-0.2, 0) is 9.47 Å². The smallest absolute Gasteiger partial charge is 0.412 e. The number of hydrogen-bond donors (Lipinski definition) is 2. The number of carbonyl (C=O) groups excluding carboxylic acids is 1. The lowest BCUT2D eigenvalue weighted by atomic mass is 10.1.